The number of rotatable bonds is 6. The Labute approximate surface area is 206 Å². The number of ether oxygens (including phenoxy) is 1. The Hall–Kier alpha value is -3.76. The predicted molar refractivity (Wildman–Crippen MR) is 127 cm³/mol. The number of halogens is 2. The average molecular weight is 500 g/mol. The number of carbonyl (C=O) groups is 2. The first kappa shape index (κ1) is 24.4. The van der Waals surface area contributed by atoms with Crippen molar-refractivity contribution in [2.75, 3.05) is 31.5 Å². The fourth-order valence-corrected chi connectivity index (χ4v) is 3.81. The highest BCUT2D eigenvalue weighted by Gasteiger charge is 2.28. The molecule has 1 atom stereocenters. The van der Waals surface area contributed by atoms with E-state index in [0.717, 1.165) is 0 Å². The Morgan fingerprint density at radius 2 is 1.80 bits per heavy atom. The smallest absolute Gasteiger partial charge is 0.287 e. The molecule has 2 aromatic heterocycles. The summed E-state index contributed by atoms with van der Waals surface area (Å²) in [6.07, 6.45) is 2.67. The minimum atomic E-state index is -0.435. The first-order valence-corrected chi connectivity index (χ1v) is 11.3. The van der Waals surface area contributed by atoms with Gasteiger partial charge in [0.05, 0.1) is 17.8 Å². The molecule has 0 spiro atoms. The van der Waals surface area contributed by atoms with E-state index in [1.807, 2.05) is 4.90 Å². The van der Waals surface area contributed by atoms with Gasteiger partial charge in [-0.3, -0.25) is 14.5 Å². The van der Waals surface area contributed by atoms with Gasteiger partial charge in [-0.2, -0.15) is 4.73 Å². The van der Waals surface area contributed by atoms with Crippen LogP contribution in [0.15, 0.2) is 60.9 Å². The van der Waals surface area contributed by atoms with Crippen LogP contribution in [0.1, 0.15) is 17.3 Å². The summed E-state index contributed by atoms with van der Waals surface area (Å²) in [5.41, 5.74) is 0.347. The summed E-state index contributed by atoms with van der Waals surface area (Å²) in [6.45, 7) is 3.70. The minimum absolute atomic E-state index is 0.0663. The van der Waals surface area contributed by atoms with Crippen molar-refractivity contribution < 1.29 is 23.4 Å². The number of carbonyl (C=O) groups excluding carboxylic acids is 2. The van der Waals surface area contributed by atoms with E-state index in [-0.39, 0.29) is 22.8 Å². The van der Waals surface area contributed by atoms with Crippen LogP contribution < -0.4 is 14.8 Å². The number of anilines is 1. The number of hydrogen-bond donors (Lipinski definition) is 1. The molecule has 1 aliphatic rings. The van der Waals surface area contributed by atoms with Crippen LogP contribution in [0, 0.1) is 11.0 Å². The summed E-state index contributed by atoms with van der Waals surface area (Å²) in [6, 6.07) is 11.3. The molecule has 3 heterocycles. The van der Waals surface area contributed by atoms with Gasteiger partial charge in [0, 0.05) is 38.3 Å². The molecule has 2 amide bonds. The van der Waals surface area contributed by atoms with Gasteiger partial charge in [0.1, 0.15) is 23.1 Å². The third-order valence-corrected chi connectivity index (χ3v) is 5.96. The van der Waals surface area contributed by atoms with E-state index >= 15 is 0 Å². The van der Waals surface area contributed by atoms with Gasteiger partial charge in [-0.25, -0.2) is 9.37 Å². The van der Waals surface area contributed by atoms with Crippen molar-refractivity contribution >= 4 is 29.2 Å². The van der Waals surface area contributed by atoms with Gasteiger partial charge >= 0.3 is 0 Å². The molecule has 11 heteroatoms. The van der Waals surface area contributed by atoms with Crippen molar-refractivity contribution in [2.24, 2.45) is 0 Å². The first-order valence-electron chi connectivity index (χ1n) is 10.9. The predicted octanol–water partition coefficient (Wildman–Crippen LogP) is 3.08. The zero-order valence-electron chi connectivity index (χ0n) is 18.9. The summed E-state index contributed by atoms with van der Waals surface area (Å²) in [4.78, 5) is 33.3. The van der Waals surface area contributed by atoms with Crippen molar-refractivity contribution in [3.8, 4) is 11.5 Å². The van der Waals surface area contributed by atoms with Crippen molar-refractivity contribution in [3.05, 3.63) is 82.7 Å². The second-order valence-corrected chi connectivity index (χ2v) is 8.38. The molecule has 1 fully saturated rings. The van der Waals surface area contributed by atoms with Crippen LogP contribution in [0.3, 0.4) is 0 Å². The van der Waals surface area contributed by atoms with Crippen LogP contribution in [0.2, 0.25) is 5.15 Å². The molecule has 4 rings (SSSR count). The van der Waals surface area contributed by atoms with E-state index in [9.17, 15) is 19.2 Å². The van der Waals surface area contributed by atoms with Crippen molar-refractivity contribution in [3.63, 3.8) is 0 Å². The number of hydrogen-bond acceptors (Lipinski definition) is 6. The van der Waals surface area contributed by atoms with Gasteiger partial charge in [-0.15, -0.1) is 0 Å². The van der Waals surface area contributed by atoms with Gasteiger partial charge in [-0.05, 0) is 54.9 Å². The number of aromatic nitrogens is 2. The van der Waals surface area contributed by atoms with Crippen LogP contribution in [0.4, 0.5) is 10.2 Å². The Morgan fingerprint density at radius 1 is 1.11 bits per heavy atom. The molecule has 0 radical (unpaired) electrons. The van der Waals surface area contributed by atoms with Crippen molar-refractivity contribution in [2.45, 2.75) is 13.0 Å². The number of amides is 2. The lowest BCUT2D eigenvalue weighted by Crippen LogP contribution is -2.54. The highest BCUT2D eigenvalue weighted by atomic mass is 35.5. The van der Waals surface area contributed by atoms with Gasteiger partial charge in [0.15, 0.2) is 6.20 Å². The highest BCUT2D eigenvalue weighted by Crippen LogP contribution is 2.22. The van der Waals surface area contributed by atoms with Crippen LogP contribution in [-0.4, -0.2) is 58.8 Å². The first-order chi connectivity index (χ1) is 16.8. The monoisotopic (exact) mass is 499 g/mol. The average Bonchev–Trinajstić information content (AvgIpc) is 2.87. The summed E-state index contributed by atoms with van der Waals surface area (Å²) in [7, 11) is 0. The number of nitrogens with one attached hydrogen (secondary N) is 1. The van der Waals surface area contributed by atoms with Crippen LogP contribution in [0.5, 0.6) is 11.5 Å². The highest BCUT2D eigenvalue weighted by molar-refractivity contribution is 6.28. The second-order valence-electron chi connectivity index (χ2n) is 7.99. The zero-order chi connectivity index (χ0) is 24.9. The molecule has 0 unspecified atom stereocenters. The Morgan fingerprint density at radius 3 is 2.43 bits per heavy atom. The summed E-state index contributed by atoms with van der Waals surface area (Å²) in [5, 5.41) is 14.1. The second kappa shape index (κ2) is 10.7. The quantitative estimate of drug-likeness (QED) is 0.318. The number of benzene rings is 1. The number of pyridine rings is 2. The molecule has 1 saturated heterocycles. The lowest BCUT2D eigenvalue weighted by atomic mass is 10.2. The lowest BCUT2D eigenvalue weighted by molar-refractivity contribution is -0.603. The standard InChI is InChI=1S/C24H23ClFN5O4/c1-16(29-10-12-30(13-11-29)24(33)17-8-9-31(34)21(25)14-17)23(32)28-22-7-6-20(15-27-22)35-19-4-2-18(26)3-5-19/h2-9,14-16H,10-13H2,1H3,(H,27,28,32)/t16-/m0/s1. The SMILES string of the molecule is C[C@@H](C(=O)Nc1ccc(Oc2ccc(F)cc2)cn1)N1CCN(C(=O)c2cc[n+]([O-])c(Cl)c2)CC1. The van der Waals surface area contributed by atoms with E-state index in [1.54, 1.807) is 24.0 Å². The van der Waals surface area contributed by atoms with Crippen molar-refractivity contribution in [1.29, 1.82) is 0 Å². The van der Waals surface area contributed by atoms with E-state index in [4.69, 9.17) is 16.3 Å². The minimum Gasteiger partial charge on any atom is -0.618 e. The molecule has 182 valence electrons. The van der Waals surface area contributed by atoms with E-state index < -0.39 is 6.04 Å². The molecular formula is C24H23ClFN5O4. The fourth-order valence-electron chi connectivity index (χ4n) is 3.64. The number of piperazine rings is 1. The van der Waals surface area contributed by atoms with Crippen LogP contribution in [0.25, 0.3) is 0 Å². The van der Waals surface area contributed by atoms with Crippen molar-refractivity contribution in [1.82, 2.24) is 14.8 Å². The molecule has 0 bridgehead atoms. The fraction of sp³-hybridized carbons (Fsp3) is 0.250. The summed E-state index contributed by atoms with van der Waals surface area (Å²) in [5.74, 6) is 0.512. The van der Waals surface area contributed by atoms with Gasteiger partial charge in [0.2, 0.25) is 5.91 Å². The van der Waals surface area contributed by atoms with Gasteiger partial charge in [0.25, 0.3) is 11.1 Å². The Balaban J connectivity index is 1.28. The lowest BCUT2D eigenvalue weighted by Gasteiger charge is -2.37. The molecule has 1 aliphatic heterocycles. The topological polar surface area (TPSA) is 102 Å². The third kappa shape index (κ3) is 6.03. The number of nitrogens with zero attached hydrogens (tertiary/aromatic N) is 4. The molecule has 0 saturated carbocycles. The maximum absolute atomic E-state index is 13.0. The largest absolute Gasteiger partial charge is 0.618 e. The van der Waals surface area contributed by atoms with E-state index in [0.29, 0.717) is 53.8 Å². The molecule has 1 aromatic carbocycles. The third-order valence-electron chi connectivity index (χ3n) is 5.69. The molecule has 1 N–H and O–H groups in total. The maximum Gasteiger partial charge on any atom is 0.287 e. The summed E-state index contributed by atoms with van der Waals surface area (Å²) >= 11 is 5.82. The van der Waals surface area contributed by atoms with Gasteiger partial charge in [-0.1, -0.05) is 0 Å². The van der Waals surface area contributed by atoms with Crippen LogP contribution >= 0.6 is 11.6 Å². The Kier molecular flexibility index (Phi) is 7.42. The van der Waals surface area contributed by atoms with E-state index in [1.165, 1.54) is 48.8 Å². The maximum atomic E-state index is 13.0. The molecule has 35 heavy (non-hydrogen) atoms. The van der Waals surface area contributed by atoms with E-state index in [2.05, 4.69) is 10.3 Å². The summed E-state index contributed by atoms with van der Waals surface area (Å²) < 4.78 is 19.1. The molecule has 9 nitrogen and oxygen atoms in total. The molecule has 3 aromatic rings. The van der Waals surface area contributed by atoms with Crippen LogP contribution in [-0.2, 0) is 4.79 Å². The molecule has 0 aliphatic carbocycles. The Bertz CT molecular complexity index is 1200. The normalized spacial score (nSPS) is 14.9. The molecular weight excluding hydrogens is 477 g/mol. The zero-order valence-corrected chi connectivity index (χ0v) is 19.6. The van der Waals surface area contributed by atoms with Gasteiger partial charge < -0.3 is 20.2 Å².